The van der Waals surface area contributed by atoms with Crippen LogP contribution >= 0.6 is 0 Å². The van der Waals surface area contributed by atoms with E-state index >= 15 is 0 Å². The minimum Gasteiger partial charge on any atom is -0.337 e. The van der Waals surface area contributed by atoms with Crippen molar-refractivity contribution in [3.8, 4) is 11.8 Å². The Morgan fingerprint density at radius 3 is 2.41 bits per heavy atom. The van der Waals surface area contributed by atoms with E-state index in [9.17, 15) is 13.2 Å². The maximum atomic E-state index is 12.7. The normalized spacial score (nSPS) is 11.3. The van der Waals surface area contributed by atoms with E-state index in [1.807, 2.05) is 41.9 Å². The summed E-state index contributed by atoms with van der Waals surface area (Å²) in [6.07, 6.45) is -4.35. The number of hydrogen-bond donors (Lipinski definition) is 0. The summed E-state index contributed by atoms with van der Waals surface area (Å²) in [5, 5.41) is 1.05. The molecule has 0 unspecified atom stereocenters. The van der Waals surface area contributed by atoms with Gasteiger partial charge in [0.25, 0.3) is 0 Å². The molecule has 0 aliphatic rings. The fourth-order valence-electron chi connectivity index (χ4n) is 2.32. The van der Waals surface area contributed by atoms with Crippen molar-refractivity contribution < 1.29 is 13.2 Å². The molecule has 0 aliphatic heterocycles. The Morgan fingerprint density at radius 1 is 0.909 bits per heavy atom. The second-order valence-corrected chi connectivity index (χ2v) is 4.98. The molecule has 0 atom stereocenters. The van der Waals surface area contributed by atoms with Crippen LogP contribution in [0, 0.1) is 11.8 Å². The van der Waals surface area contributed by atoms with E-state index in [0.29, 0.717) is 5.56 Å². The largest absolute Gasteiger partial charge is 0.416 e. The Bertz CT molecular complexity index is 892. The molecular formula is C18H12F3N. The number of fused-ring (bicyclic) bond motifs is 1. The summed E-state index contributed by atoms with van der Waals surface area (Å²) in [6.45, 7) is 0. The van der Waals surface area contributed by atoms with Gasteiger partial charge in [-0.2, -0.15) is 13.2 Å². The minimum absolute atomic E-state index is 0.347. The molecule has 1 aromatic heterocycles. The molecule has 3 rings (SSSR count). The highest BCUT2D eigenvalue weighted by molar-refractivity contribution is 5.82. The highest BCUT2D eigenvalue weighted by Gasteiger charge is 2.30. The molecule has 0 saturated heterocycles. The van der Waals surface area contributed by atoms with Crippen LogP contribution in [0.25, 0.3) is 10.9 Å². The van der Waals surface area contributed by atoms with Crippen LogP contribution in [-0.4, -0.2) is 4.57 Å². The molecule has 0 N–H and O–H groups in total. The third-order valence-corrected chi connectivity index (χ3v) is 3.48. The first-order valence-corrected chi connectivity index (χ1v) is 6.69. The molecule has 2 aromatic carbocycles. The van der Waals surface area contributed by atoms with Gasteiger partial charge in [0.15, 0.2) is 0 Å². The summed E-state index contributed by atoms with van der Waals surface area (Å²) in [5.74, 6) is 5.75. The highest BCUT2D eigenvalue weighted by atomic mass is 19.4. The number of nitrogens with zero attached hydrogens (tertiary/aromatic N) is 1. The van der Waals surface area contributed by atoms with Crippen molar-refractivity contribution in [3.05, 3.63) is 71.4 Å². The van der Waals surface area contributed by atoms with Crippen molar-refractivity contribution in [3.63, 3.8) is 0 Å². The van der Waals surface area contributed by atoms with Gasteiger partial charge in [0.05, 0.1) is 11.3 Å². The summed E-state index contributed by atoms with van der Waals surface area (Å²) in [4.78, 5) is 0. The lowest BCUT2D eigenvalue weighted by Gasteiger charge is -2.05. The second-order valence-electron chi connectivity index (χ2n) is 4.98. The third-order valence-electron chi connectivity index (χ3n) is 3.48. The number of alkyl halides is 3. The average molecular weight is 299 g/mol. The maximum absolute atomic E-state index is 12.7. The molecule has 0 spiro atoms. The number of aryl methyl sites for hydroxylation is 1. The third kappa shape index (κ3) is 2.71. The van der Waals surface area contributed by atoms with Gasteiger partial charge < -0.3 is 4.57 Å². The van der Waals surface area contributed by atoms with Gasteiger partial charge in [-0.05, 0) is 36.3 Å². The Balaban J connectivity index is 2.00. The summed E-state index contributed by atoms with van der Waals surface area (Å²) >= 11 is 0. The predicted molar refractivity (Wildman–Crippen MR) is 80.3 cm³/mol. The van der Waals surface area contributed by atoms with Crippen molar-refractivity contribution in [2.75, 3.05) is 0 Å². The van der Waals surface area contributed by atoms with Gasteiger partial charge in [0.1, 0.15) is 0 Å². The van der Waals surface area contributed by atoms with Gasteiger partial charge in [0, 0.05) is 23.5 Å². The summed E-state index contributed by atoms with van der Waals surface area (Å²) in [6, 6.07) is 14.8. The van der Waals surface area contributed by atoms with E-state index in [2.05, 4.69) is 11.8 Å². The van der Waals surface area contributed by atoms with E-state index < -0.39 is 11.7 Å². The number of aromatic nitrogens is 1. The zero-order chi connectivity index (χ0) is 15.7. The molecule has 1 nitrogen and oxygen atoms in total. The Labute approximate surface area is 126 Å². The summed E-state index contributed by atoms with van der Waals surface area (Å²) in [7, 11) is 1.89. The quantitative estimate of drug-likeness (QED) is 0.535. The van der Waals surface area contributed by atoms with Gasteiger partial charge in [-0.3, -0.25) is 0 Å². The van der Waals surface area contributed by atoms with Gasteiger partial charge in [-0.1, -0.05) is 30.2 Å². The first-order valence-electron chi connectivity index (χ1n) is 6.69. The molecular weight excluding hydrogens is 287 g/mol. The van der Waals surface area contributed by atoms with Gasteiger partial charge in [0.2, 0.25) is 0 Å². The smallest absolute Gasteiger partial charge is 0.337 e. The summed E-state index contributed by atoms with van der Waals surface area (Å²) in [5.41, 5.74) is 1.46. The number of para-hydroxylation sites is 1. The van der Waals surface area contributed by atoms with Crippen LogP contribution in [0.4, 0.5) is 13.2 Å². The Morgan fingerprint density at radius 2 is 1.68 bits per heavy atom. The molecule has 3 aromatic rings. The fourth-order valence-corrected chi connectivity index (χ4v) is 2.32. The first kappa shape index (κ1) is 14.3. The van der Waals surface area contributed by atoms with E-state index in [4.69, 9.17) is 0 Å². The van der Waals surface area contributed by atoms with Crippen LogP contribution in [0.15, 0.2) is 54.6 Å². The van der Waals surface area contributed by atoms with Crippen LogP contribution in [0.3, 0.4) is 0 Å². The SMILES string of the molecule is Cn1c(C#Cc2cccc(C(F)(F)F)c2)cc2ccccc21. The zero-order valence-corrected chi connectivity index (χ0v) is 11.8. The van der Waals surface area contributed by atoms with E-state index in [-0.39, 0.29) is 0 Å². The van der Waals surface area contributed by atoms with Gasteiger partial charge >= 0.3 is 6.18 Å². The molecule has 0 aliphatic carbocycles. The van der Waals surface area contributed by atoms with Crippen LogP contribution in [0.2, 0.25) is 0 Å². The maximum Gasteiger partial charge on any atom is 0.416 e. The van der Waals surface area contributed by atoms with Crippen molar-refractivity contribution in [1.29, 1.82) is 0 Å². The van der Waals surface area contributed by atoms with Crippen molar-refractivity contribution in [1.82, 2.24) is 4.57 Å². The van der Waals surface area contributed by atoms with Gasteiger partial charge in [-0.15, -0.1) is 0 Å². The zero-order valence-electron chi connectivity index (χ0n) is 11.8. The topological polar surface area (TPSA) is 4.93 Å². The molecule has 0 saturated carbocycles. The molecule has 0 radical (unpaired) electrons. The molecule has 1 heterocycles. The molecule has 0 amide bonds. The highest BCUT2D eigenvalue weighted by Crippen LogP contribution is 2.29. The number of rotatable bonds is 0. The lowest BCUT2D eigenvalue weighted by Crippen LogP contribution is -2.04. The van der Waals surface area contributed by atoms with Crippen LogP contribution in [0.5, 0.6) is 0 Å². The number of benzene rings is 2. The molecule has 110 valence electrons. The lowest BCUT2D eigenvalue weighted by atomic mass is 10.1. The van der Waals surface area contributed by atoms with Crippen LogP contribution in [-0.2, 0) is 13.2 Å². The van der Waals surface area contributed by atoms with Crippen molar-refractivity contribution in [2.24, 2.45) is 7.05 Å². The van der Waals surface area contributed by atoms with Crippen molar-refractivity contribution in [2.45, 2.75) is 6.18 Å². The monoisotopic (exact) mass is 299 g/mol. The summed E-state index contributed by atoms with van der Waals surface area (Å²) < 4.78 is 40.0. The van der Waals surface area contributed by atoms with Crippen LogP contribution < -0.4 is 0 Å². The molecule has 0 bridgehead atoms. The standard InChI is InChI=1S/C18H12F3N/c1-22-16(12-14-6-2-3-8-17(14)22)10-9-13-5-4-7-15(11-13)18(19,20)21/h2-8,11-12H,1H3. The van der Waals surface area contributed by atoms with E-state index in [1.165, 1.54) is 6.07 Å². The van der Waals surface area contributed by atoms with Gasteiger partial charge in [-0.25, -0.2) is 0 Å². The molecule has 0 fully saturated rings. The van der Waals surface area contributed by atoms with Crippen molar-refractivity contribution >= 4 is 10.9 Å². The molecule has 22 heavy (non-hydrogen) atoms. The second kappa shape index (κ2) is 5.27. The number of hydrogen-bond acceptors (Lipinski definition) is 0. The average Bonchev–Trinajstić information content (AvgIpc) is 2.82. The van der Waals surface area contributed by atoms with Crippen LogP contribution in [0.1, 0.15) is 16.8 Å². The lowest BCUT2D eigenvalue weighted by molar-refractivity contribution is -0.137. The first-order chi connectivity index (χ1) is 10.4. The Hall–Kier alpha value is -2.67. The minimum atomic E-state index is -4.35. The number of halogens is 3. The van der Waals surface area contributed by atoms with E-state index in [1.54, 1.807) is 6.07 Å². The molecule has 4 heteroatoms. The fraction of sp³-hybridized carbons (Fsp3) is 0.111. The van der Waals surface area contributed by atoms with E-state index in [0.717, 1.165) is 28.7 Å². The Kier molecular flexibility index (Phi) is 3.42. The predicted octanol–water partition coefficient (Wildman–Crippen LogP) is 4.60.